The maximum absolute atomic E-state index is 13.4. The molecule has 222 valence electrons. The van der Waals surface area contributed by atoms with E-state index in [1.54, 1.807) is 30.0 Å². The molecule has 0 amide bonds. The molecule has 1 fully saturated rings. The Morgan fingerprint density at radius 3 is 2.36 bits per heavy atom. The quantitative estimate of drug-likeness (QED) is 0.219. The van der Waals surface area contributed by atoms with Crippen molar-refractivity contribution in [2.45, 2.75) is 50.3 Å². The first kappa shape index (κ1) is 30.1. The van der Waals surface area contributed by atoms with E-state index in [1.165, 1.54) is 0 Å². The Bertz CT molecular complexity index is 1610. The van der Waals surface area contributed by atoms with Crippen LogP contribution in [0.1, 0.15) is 44.7 Å². The van der Waals surface area contributed by atoms with Crippen molar-refractivity contribution in [1.82, 2.24) is 0 Å². The van der Waals surface area contributed by atoms with E-state index in [0.29, 0.717) is 25.1 Å². The zero-order valence-electron chi connectivity index (χ0n) is 23.7. The number of Topliss-reactive ketones (excluding diaryl/α,β-unsaturated/α-hetero) is 2. The summed E-state index contributed by atoms with van der Waals surface area (Å²) in [6.45, 7) is 7.08. The monoisotopic (exact) mass is 610 g/mol. The van der Waals surface area contributed by atoms with Crippen LogP contribution in [0.3, 0.4) is 0 Å². The maximum atomic E-state index is 13.4. The number of para-hydroxylation sites is 1. The molecule has 0 saturated heterocycles. The van der Waals surface area contributed by atoms with Crippen LogP contribution in [-0.2, 0) is 36.3 Å². The van der Waals surface area contributed by atoms with E-state index < -0.39 is 33.3 Å². The topological polar surface area (TPSA) is 132 Å². The van der Waals surface area contributed by atoms with Crippen molar-refractivity contribution in [3.05, 3.63) is 76.5 Å². The number of hydrogen-bond acceptors (Lipinski definition) is 8. The second-order valence-electron chi connectivity index (χ2n) is 11.3. The van der Waals surface area contributed by atoms with Gasteiger partial charge in [0.25, 0.3) is 10.1 Å². The number of thioether (sulfide) groups is 1. The van der Waals surface area contributed by atoms with E-state index in [9.17, 15) is 27.9 Å². The number of unbranched alkanes of at least 4 members (excludes halogenated alkanes) is 1. The smallest absolute Gasteiger partial charge is 0.307 e. The van der Waals surface area contributed by atoms with E-state index in [4.69, 9.17) is 4.55 Å². The molecule has 2 heterocycles. The highest BCUT2D eigenvalue weighted by Gasteiger charge is 2.49. The van der Waals surface area contributed by atoms with Gasteiger partial charge in [-0.15, -0.1) is 0 Å². The van der Waals surface area contributed by atoms with Crippen LogP contribution in [0, 0.1) is 11.8 Å². The summed E-state index contributed by atoms with van der Waals surface area (Å²) in [5.74, 6) is -3.37. The van der Waals surface area contributed by atoms with Crippen LogP contribution in [0.15, 0.2) is 70.2 Å². The highest BCUT2D eigenvalue weighted by Crippen LogP contribution is 2.50. The summed E-state index contributed by atoms with van der Waals surface area (Å²) in [7, 11) is -4.09. The molecule has 0 bridgehead atoms. The first-order valence-corrected chi connectivity index (χ1v) is 16.4. The maximum Gasteiger partial charge on any atom is 0.307 e. The predicted molar refractivity (Wildman–Crippen MR) is 162 cm³/mol. The lowest BCUT2D eigenvalue weighted by Crippen LogP contribution is -2.47. The predicted octanol–water partition coefficient (Wildman–Crippen LogP) is 4.82. The van der Waals surface area contributed by atoms with Gasteiger partial charge in [0.1, 0.15) is 0 Å². The highest BCUT2D eigenvalue weighted by molar-refractivity contribution is 8.03. The van der Waals surface area contributed by atoms with Gasteiger partial charge in [-0.2, -0.15) is 8.42 Å². The van der Waals surface area contributed by atoms with E-state index >= 15 is 0 Å². The van der Waals surface area contributed by atoms with E-state index in [0.717, 1.165) is 32.6 Å². The summed E-state index contributed by atoms with van der Waals surface area (Å²) in [4.78, 5) is 43.4. The number of fused-ring (bicyclic) bond motifs is 2. The molecule has 9 nitrogen and oxygen atoms in total. The zero-order valence-corrected chi connectivity index (χ0v) is 25.4. The van der Waals surface area contributed by atoms with Gasteiger partial charge in [0, 0.05) is 34.8 Å². The number of carboxylic acids is 1. The highest BCUT2D eigenvalue weighted by atomic mass is 32.2. The Morgan fingerprint density at radius 1 is 1.00 bits per heavy atom. The average Bonchev–Trinajstić information content (AvgIpc) is 3.38. The van der Waals surface area contributed by atoms with Gasteiger partial charge in [0.05, 0.1) is 34.7 Å². The molecule has 1 saturated carbocycles. The number of carbonyl (C=O) groups excluding carboxylic acids is 2. The lowest BCUT2D eigenvalue weighted by Gasteiger charge is -2.33. The number of benzene rings is 2. The minimum Gasteiger partial charge on any atom is -0.481 e. The lowest BCUT2D eigenvalue weighted by atomic mass is 9.70. The number of hydrogen-bond donors (Lipinski definition) is 2. The van der Waals surface area contributed by atoms with Crippen molar-refractivity contribution in [2.75, 3.05) is 28.6 Å². The van der Waals surface area contributed by atoms with Crippen LogP contribution in [0.25, 0.3) is 0 Å². The molecular formula is C31H34N2O7S2. The van der Waals surface area contributed by atoms with Crippen LogP contribution in [-0.4, -0.2) is 54.5 Å². The Kier molecular flexibility index (Phi) is 8.12. The summed E-state index contributed by atoms with van der Waals surface area (Å²) < 4.78 is 31.6. The Hall–Kier alpha value is -3.41. The summed E-state index contributed by atoms with van der Waals surface area (Å²) in [6.07, 6.45) is 4.04. The third-order valence-electron chi connectivity index (χ3n) is 8.16. The second-order valence-corrected chi connectivity index (χ2v) is 14.0. The van der Waals surface area contributed by atoms with Gasteiger partial charge in [-0.25, -0.2) is 0 Å². The fraction of sp³-hybridized carbons (Fsp3) is 0.387. The fourth-order valence-electron chi connectivity index (χ4n) is 6.01. The first-order valence-electron chi connectivity index (χ1n) is 14.0. The minimum absolute atomic E-state index is 0.136. The second kappa shape index (κ2) is 11.3. The number of allylic oxidation sites excluding steroid dienone is 3. The molecule has 42 heavy (non-hydrogen) atoms. The number of ketones is 2. The van der Waals surface area contributed by atoms with Crippen molar-refractivity contribution in [2.24, 2.45) is 11.8 Å². The van der Waals surface area contributed by atoms with E-state index in [-0.39, 0.29) is 30.2 Å². The summed E-state index contributed by atoms with van der Waals surface area (Å²) in [5, 5.41) is 10.2. The number of rotatable bonds is 10. The molecule has 11 heteroatoms. The summed E-state index contributed by atoms with van der Waals surface area (Å²) in [5.41, 5.74) is 3.50. The SMILES string of the molecule is CCN1/C(=C/C2C(=O)C(/C=C3/N(CCCCS(=O)(=O)O)c4ccc(CC(=O)O)cc4C3(C)C)C2=O)Sc2ccccc21. The van der Waals surface area contributed by atoms with Crippen LogP contribution < -0.4 is 9.80 Å². The molecule has 5 rings (SSSR count). The molecule has 0 atom stereocenters. The lowest BCUT2D eigenvalue weighted by molar-refractivity contribution is -0.146. The van der Waals surface area contributed by atoms with Crippen LogP contribution in [0.5, 0.6) is 0 Å². The zero-order chi connectivity index (χ0) is 30.4. The number of carboxylic acid groups (broad SMARTS) is 1. The fourth-order valence-corrected chi connectivity index (χ4v) is 7.77. The molecule has 1 aliphatic carbocycles. The molecule has 0 spiro atoms. The van der Waals surface area contributed by atoms with Crippen molar-refractivity contribution >= 4 is 50.8 Å². The minimum atomic E-state index is -4.09. The van der Waals surface area contributed by atoms with Gasteiger partial charge in [-0.1, -0.05) is 49.9 Å². The number of nitrogens with zero attached hydrogens (tertiary/aromatic N) is 2. The van der Waals surface area contributed by atoms with Gasteiger partial charge in [-0.05, 0) is 61.2 Å². The molecule has 3 aliphatic rings. The Morgan fingerprint density at radius 2 is 1.69 bits per heavy atom. The molecule has 0 unspecified atom stereocenters. The van der Waals surface area contributed by atoms with Crippen LogP contribution >= 0.6 is 11.8 Å². The number of aliphatic carboxylic acids is 1. The summed E-state index contributed by atoms with van der Waals surface area (Å²) >= 11 is 1.55. The molecule has 0 aromatic heterocycles. The van der Waals surface area contributed by atoms with Crippen LogP contribution in [0.2, 0.25) is 0 Å². The Labute approximate surface area is 250 Å². The van der Waals surface area contributed by atoms with Gasteiger partial charge in [0.15, 0.2) is 11.6 Å². The van der Waals surface area contributed by atoms with Crippen molar-refractivity contribution < 1.29 is 32.5 Å². The van der Waals surface area contributed by atoms with E-state index in [2.05, 4.69) is 4.90 Å². The molecule has 2 aliphatic heterocycles. The normalized spacial score (nSPS) is 23.0. The third-order valence-corrected chi connectivity index (χ3v) is 10.1. The van der Waals surface area contributed by atoms with Crippen molar-refractivity contribution in [3.63, 3.8) is 0 Å². The first-order chi connectivity index (χ1) is 19.8. The van der Waals surface area contributed by atoms with Gasteiger partial charge in [0.2, 0.25) is 0 Å². The van der Waals surface area contributed by atoms with Gasteiger partial charge < -0.3 is 14.9 Å². The van der Waals surface area contributed by atoms with E-state index in [1.807, 2.05) is 62.1 Å². The standard InChI is InChI=1S/C31H34N2O7S2/c1-4-32-24-9-5-6-10-25(24)41-27(32)18-21-29(36)20(30(21)37)17-26-31(2,3)22-15-19(16-28(34)35)11-12-23(22)33(26)13-7-8-14-42(38,39)40/h5-6,9-12,15,17-18,20-21H,4,7-8,13-14,16H2,1-3H3,(H,34,35)(H,38,39,40)/b26-17+,27-18-. The Balaban J connectivity index is 1.42. The average molecular weight is 611 g/mol. The largest absolute Gasteiger partial charge is 0.481 e. The molecule has 2 aromatic rings. The number of anilines is 2. The summed E-state index contributed by atoms with van der Waals surface area (Å²) in [6, 6.07) is 13.4. The molecular weight excluding hydrogens is 576 g/mol. The molecule has 0 radical (unpaired) electrons. The van der Waals surface area contributed by atoms with Crippen molar-refractivity contribution in [1.29, 1.82) is 0 Å². The molecule has 2 N–H and O–H groups in total. The van der Waals surface area contributed by atoms with Gasteiger partial charge in [-0.3, -0.25) is 18.9 Å². The third kappa shape index (κ3) is 5.65. The molecule has 2 aromatic carbocycles. The van der Waals surface area contributed by atoms with Crippen LogP contribution in [0.4, 0.5) is 11.4 Å². The van der Waals surface area contributed by atoms with Gasteiger partial charge >= 0.3 is 5.97 Å². The van der Waals surface area contributed by atoms with Crippen molar-refractivity contribution in [3.8, 4) is 0 Å². The number of carbonyl (C=O) groups is 3.